The summed E-state index contributed by atoms with van der Waals surface area (Å²) in [5.41, 5.74) is 2.56. The van der Waals surface area contributed by atoms with E-state index >= 15 is 0 Å². The normalized spacial score (nSPS) is 12.6. The SMILES string of the molecule is CC.Oc1cc2c(O)cc1Cc1cc(O)c(cc1O)Cc1cc(O)c(cc1O)Cc1cc(O)c(cc1O)Cc1cc(O)c(cc1O)Cc1cc(O)c(cc1O)Cc1cc(O)c(cc1O)C2. The molecule has 0 aromatic heterocycles. The fourth-order valence-electron chi connectivity index (χ4n) is 8.06. The molecule has 0 unspecified atom stereocenters. The zero-order valence-corrected chi connectivity index (χ0v) is 35.3. The summed E-state index contributed by atoms with van der Waals surface area (Å²) >= 11 is 0. The van der Waals surface area contributed by atoms with E-state index in [-0.39, 0.29) is 203 Å². The maximum absolute atomic E-state index is 11.0. The van der Waals surface area contributed by atoms with Crippen LogP contribution in [-0.2, 0) is 44.9 Å². The molecule has 14 N–H and O–H groups in total. The third-order valence-electron chi connectivity index (χ3n) is 11.6. The monoisotopic (exact) mass is 884 g/mol. The molecule has 14 heteroatoms. The molecule has 7 aromatic rings. The van der Waals surface area contributed by atoms with Gasteiger partial charge in [-0.2, -0.15) is 0 Å². The van der Waals surface area contributed by atoms with Crippen molar-refractivity contribution in [3.8, 4) is 80.5 Å². The Morgan fingerprint density at radius 2 is 0.231 bits per heavy atom. The molecular weight excluding hydrogens is 837 g/mol. The highest BCUT2D eigenvalue weighted by Crippen LogP contribution is 2.42. The Morgan fingerprint density at radius 1 is 0.169 bits per heavy atom. The quantitative estimate of drug-likeness (QED) is 0.0642. The minimum absolute atomic E-state index is 0.134. The third kappa shape index (κ3) is 9.28. The van der Waals surface area contributed by atoms with Crippen molar-refractivity contribution in [3.63, 3.8) is 0 Å². The van der Waals surface area contributed by atoms with Crippen LogP contribution >= 0.6 is 0 Å². The van der Waals surface area contributed by atoms with E-state index in [2.05, 4.69) is 0 Å². The lowest BCUT2D eigenvalue weighted by molar-refractivity contribution is 0.440. The molecule has 65 heavy (non-hydrogen) atoms. The van der Waals surface area contributed by atoms with Crippen LogP contribution in [-0.4, -0.2) is 71.5 Å². The molecule has 14 bridgehead atoms. The molecular formula is C51H48O14. The molecule has 14 nitrogen and oxygen atoms in total. The summed E-state index contributed by atoms with van der Waals surface area (Å²) in [5.74, 6) is -3.87. The summed E-state index contributed by atoms with van der Waals surface area (Å²) < 4.78 is 0. The first-order valence-electron chi connectivity index (χ1n) is 20.7. The number of benzene rings is 7. The van der Waals surface area contributed by atoms with Crippen molar-refractivity contribution in [2.45, 2.75) is 58.8 Å². The van der Waals surface area contributed by atoms with Gasteiger partial charge in [-0.1, -0.05) is 13.8 Å². The highest BCUT2D eigenvalue weighted by Gasteiger charge is 2.22. The standard InChI is InChI=1S/C49H42O14.C2H6/c50-36-10-24-2-26-12-42(56)28(14-40(26)54)4-30-16-46(60)32(18-44(30)58)6-34-20-49(63)35(21-48(34)62)7-33-19-45(59)31(17-47(33)61)5-29-15-41(55)27(13-43(29)57)3-25-11-37(51)23(9-39(25)53)1-22(36)8-38(24)52;1-2/h8-21,50-63H,1-7H2;1-2H3. The van der Waals surface area contributed by atoms with Crippen LogP contribution < -0.4 is 0 Å². The summed E-state index contributed by atoms with van der Waals surface area (Å²) in [6.07, 6.45) is -0.937. The predicted molar refractivity (Wildman–Crippen MR) is 239 cm³/mol. The molecule has 0 aliphatic heterocycles. The largest absolute Gasteiger partial charge is 0.508 e. The Bertz CT molecular complexity index is 2230. The van der Waals surface area contributed by atoms with Crippen molar-refractivity contribution in [1.29, 1.82) is 0 Å². The second-order valence-electron chi connectivity index (χ2n) is 16.0. The number of aromatic hydroxyl groups is 14. The van der Waals surface area contributed by atoms with Crippen molar-refractivity contribution < 1.29 is 71.5 Å². The Hall–Kier alpha value is -8.26. The van der Waals surface area contributed by atoms with Crippen molar-refractivity contribution in [2.24, 2.45) is 0 Å². The maximum Gasteiger partial charge on any atom is 0.119 e. The van der Waals surface area contributed by atoms with Gasteiger partial charge < -0.3 is 71.5 Å². The molecule has 0 radical (unpaired) electrons. The third-order valence-corrected chi connectivity index (χ3v) is 11.6. The summed E-state index contributed by atoms with van der Waals surface area (Å²) in [7, 11) is 0. The molecule has 0 amide bonds. The lowest BCUT2D eigenvalue weighted by Crippen LogP contribution is -1.98. The highest BCUT2D eigenvalue weighted by molar-refractivity contribution is 5.59. The van der Waals surface area contributed by atoms with E-state index in [0.717, 1.165) is 0 Å². The maximum atomic E-state index is 11.0. The van der Waals surface area contributed by atoms with E-state index in [1.165, 1.54) is 84.9 Å². The van der Waals surface area contributed by atoms with Crippen LogP contribution in [0.25, 0.3) is 0 Å². The Balaban J connectivity index is 0.00000311. The minimum Gasteiger partial charge on any atom is -0.508 e. The number of phenols is 14. The fraction of sp³-hybridized carbons (Fsp3) is 0.176. The van der Waals surface area contributed by atoms with Crippen molar-refractivity contribution >= 4 is 0 Å². The van der Waals surface area contributed by atoms with Gasteiger partial charge in [0, 0.05) is 123 Å². The fourth-order valence-corrected chi connectivity index (χ4v) is 8.06. The number of rotatable bonds is 0. The number of hydrogen-bond acceptors (Lipinski definition) is 14. The van der Waals surface area contributed by atoms with E-state index in [4.69, 9.17) is 0 Å². The first-order chi connectivity index (χ1) is 30.9. The second-order valence-corrected chi connectivity index (χ2v) is 16.0. The smallest absolute Gasteiger partial charge is 0.119 e. The molecule has 21 rings (SSSR count). The predicted octanol–water partition coefficient (Wildman–Crippen LogP) is 8.04. The Labute approximate surface area is 372 Å². The molecule has 0 saturated heterocycles. The highest BCUT2D eigenvalue weighted by atomic mass is 16.3. The average molecular weight is 885 g/mol. The van der Waals surface area contributed by atoms with Gasteiger partial charge in [-0.15, -0.1) is 0 Å². The van der Waals surface area contributed by atoms with Crippen LogP contribution in [0.15, 0.2) is 84.9 Å². The molecule has 0 fully saturated rings. The topological polar surface area (TPSA) is 283 Å². The van der Waals surface area contributed by atoms with Crippen molar-refractivity contribution in [2.75, 3.05) is 0 Å². The van der Waals surface area contributed by atoms with E-state index in [1.54, 1.807) is 0 Å². The zero-order valence-electron chi connectivity index (χ0n) is 35.3. The van der Waals surface area contributed by atoms with Crippen LogP contribution in [0.3, 0.4) is 0 Å². The zero-order chi connectivity index (χ0) is 47.0. The summed E-state index contributed by atoms with van der Waals surface area (Å²) in [4.78, 5) is 0. The van der Waals surface area contributed by atoms with Gasteiger partial charge in [0.1, 0.15) is 80.5 Å². The van der Waals surface area contributed by atoms with Gasteiger partial charge in [0.05, 0.1) is 0 Å². The van der Waals surface area contributed by atoms with E-state index in [9.17, 15) is 71.5 Å². The van der Waals surface area contributed by atoms with Gasteiger partial charge >= 0.3 is 0 Å². The molecule has 7 aromatic carbocycles. The van der Waals surface area contributed by atoms with E-state index in [0.29, 0.717) is 0 Å². The molecule has 0 saturated carbocycles. The Morgan fingerprint density at radius 3 is 0.292 bits per heavy atom. The molecule has 14 aliphatic rings. The van der Waals surface area contributed by atoms with Crippen LogP contribution in [0.2, 0.25) is 0 Å². The van der Waals surface area contributed by atoms with Gasteiger partial charge in [-0.05, 0) is 84.9 Å². The lowest BCUT2D eigenvalue weighted by atomic mass is 9.94. The summed E-state index contributed by atoms with van der Waals surface area (Å²) in [5, 5.41) is 154. The van der Waals surface area contributed by atoms with E-state index in [1.807, 2.05) is 13.8 Å². The van der Waals surface area contributed by atoms with Crippen LogP contribution in [0, 0.1) is 0 Å². The minimum atomic E-state index is -0.276. The molecule has 0 atom stereocenters. The molecule has 14 aliphatic carbocycles. The van der Waals surface area contributed by atoms with Crippen molar-refractivity contribution in [1.82, 2.24) is 0 Å². The first-order valence-corrected chi connectivity index (χ1v) is 20.7. The summed E-state index contributed by atoms with van der Waals surface area (Å²) in [6.45, 7) is 4.00. The van der Waals surface area contributed by atoms with Gasteiger partial charge in [0.15, 0.2) is 0 Å². The summed E-state index contributed by atoms with van der Waals surface area (Å²) in [6, 6.07) is 17.7. The van der Waals surface area contributed by atoms with E-state index < -0.39 is 0 Å². The van der Waals surface area contributed by atoms with Gasteiger partial charge in [-0.3, -0.25) is 0 Å². The van der Waals surface area contributed by atoms with Gasteiger partial charge in [0.25, 0.3) is 0 Å². The van der Waals surface area contributed by atoms with Crippen molar-refractivity contribution in [3.05, 3.63) is 163 Å². The van der Waals surface area contributed by atoms with Gasteiger partial charge in [0.2, 0.25) is 0 Å². The number of phenolic OH excluding ortho intramolecular Hbond substituents is 14. The van der Waals surface area contributed by atoms with Crippen LogP contribution in [0.4, 0.5) is 0 Å². The first kappa shape index (κ1) is 44.8. The molecule has 336 valence electrons. The van der Waals surface area contributed by atoms with Crippen LogP contribution in [0.5, 0.6) is 80.5 Å². The van der Waals surface area contributed by atoms with Crippen LogP contribution in [0.1, 0.15) is 91.7 Å². The van der Waals surface area contributed by atoms with Gasteiger partial charge in [-0.25, -0.2) is 0 Å². The average Bonchev–Trinajstić information content (AvgIpc) is 3.24. The lowest BCUT2D eigenvalue weighted by Gasteiger charge is -2.15. The second kappa shape index (κ2) is 17.8. The molecule has 0 spiro atoms. The number of hydrogen-bond donors (Lipinski definition) is 14. The molecule has 0 heterocycles. The Kier molecular flexibility index (Phi) is 12.3.